The first-order valence-electron chi connectivity index (χ1n) is 8.41. The SMILES string of the molecule is Nc1cccc2c1CCN(C1CCCC(C3CC3)C1)C2. The fraction of sp³-hybridized carbons (Fsp3) is 0.667. The van der Waals surface area contributed by atoms with Crippen LogP contribution in [0.5, 0.6) is 0 Å². The van der Waals surface area contributed by atoms with Gasteiger partial charge in [-0.15, -0.1) is 0 Å². The van der Waals surface area contributed by atoms with Crippen LogP contribution in [0.2, 0.25) is 0 Å². The standard InChI is InChI=1S/C18H26N2/c19-18-6-2-4-15-12-20(10-9-17(15)18)16-5-1-3-14(11-16)13-7-8-13/h2,4,6,13-14,16H,1,3,5,7-12,19H2. The third-order valence-electron chi connectivity index (χ3n) is 5.82. The van der Waals surface area contributed by atoms with Crippen LogP contribution in [-0.4, -0.2) is 17.5 Å². The van der Waals surface area contributed by atoms with E-state index in [1.165, 1.54) is 56.2 Å². The molecular weight excluding hydrogens is 244 g/mol. The maximum Gasteiger partial charge on any atom is 0.0350 e. The minimum Gasteiger partial charge on any atom is -0.398 e. The van der Waals surface area contributed by atoms with Gasteiger partial charge in [0.1, 0.15) is 0 Å². The Bertz CT molecular complexity index is 492. The summed E-state index contributed by atoms with van der Waals surface area (Å²) in [5.41, 5.74) is 10.0. The Hall–Kier alpha value is -1.02. The topological polar surface area (TPSA) is 29.3 Å². The van der Waals surface area contributed by atoms with Gasteiger partial charge in [-0.3, -0.25) is 4.90 Å². The molecule has 2 aliphatic carbocycles. The maximum absolute atomic E-state index is 6.12. The Morgan fingerprint density at radius 2 is 1.95 bits per heavy atom. The van der Waals surface area contributed by atoms with E-state index >= 15 is 0 Å². The molecule has 1 heterocycles. The second kappa shape index (κ2) is 5.07. The van der Waals surface area contributed by atoms with E-state index < -0.39 is 0 Å². The molecule has 108 valence electrons. The molecule has 1 aromatic rings. The van der Waals surface area contributed by atoms with Gasteiger partial charge in [0, 0.05) is 24.8 Å². The Labute approximate surface area is 122 Å². The largest absolute Gasteiger partial charge is 0.398 e. The van der Waals surface area contributed by atoms with Crippen LogP contribution in [-0.2, 0) is 13.0 Å². The van der Waals surface area contributed by atoms with Crippen molar-refractivity contribution < 1.29 is 0 Å². The zero-order chi connectivity index (χ0) is 13.5. The number of nitrogens with zero attached hydrogens (tertiary/aromatic N) is 1. The van der Waals surface area contributed by atoms with Gasteiger partial charge >= 0.3 is 0 Å². The van der Waals surface area contributed by atoms with Gasteiger partial charge in [-0.1, -0.05) is 25.0 Å². The number of fused-ring (bicyclic) bond motifs is 1. The van der Waals surface area contributed by atoms with E-state index in [2.05, 4.69) is 23.1 Å². The fourth-order valence-corrected chi connectivity index (χ4v) is 4.50. The van der Waals surface area contributed by atoms with Crippen LogP contribution >= 0.6 is 0 Å². The molecule has 0 amide bonds. The van der Waals surface area contributed by atoms with Crippen molar-refractivity contribution in [2.24, 2.45) is 11.8 Å². The van der Waals surface area contributed by atoms with Crippen LogP contribution < -0.4 is 5.73 Å². The van der Waals surface area contributed by atoms with Crippen molar-refractivity contribution in [3.63, 3.8) is 0 Å². The van der Waals surface area contributed by atoms with E-state index in [0.717, 1.165) is 36.5 Å². The van der Waals surface area contributed by atoms with Crippen LogP contribution in [0.15, 0.2) is 18.2 Å². The van der Waals surface area contributed by atoms with Crippen LogP contribution in [0.4, 0.5) is 5.69 Å². The lowest BCUT2D eigenvalue weighted by molar-refractivity contribution is 0.110. The van der Waals surface area contributed by atoms with Crippen LogP contribution in [0, 0.1) is 11.8 Å². The fourth-order valence-electron chi connectivity index (χ4n) is 4.50. The molecule has 2 heteroatoms. The van der Waals surface area contributed by atoms with Gasteiger partial charge in [0.05, 0.1) is 0 Å². The number of benzene rings is 1. The zero-order valence-electron chi connectivity index (χ0n) is 12.4. The molecule has 2 atom stereocenters. The molecule has 1 aromatic carbocycles. The number of hydrogen-bond acceptors (Lipinski definition) is 2. The van der Waals surface area contributed by atoms with Crippen LogP contribution in [0.3, 0.4) is 0 Å². The summed E-state index contributed by atoms with van der Waals surface area (Å²) in [4.78, 5) is 2.75. The van der Waals surface area contributed by atoms with Gasteiger partial charge in [0.25, 0.3) is 0 Å². The second-order valence-corrected chi connectivity index (χ2v) is 7.12. The van der Waals surface area contributed by atoms with E-state index in [1.54, 1.807) is 0 Å². The highest BCUT2D eigenvalue weighted by Crippen LogP contribution is 2.45. The highest BCUT2D eigenvalue weighted by molar-refractivity contribution is 5.51. The summed E-state index contributed by atoms with van der Waals surface area (Å²) in [6.07, 6.45) is 9.99. The van der Waals surface area contributed by atoms with Gasteiger partial charge in [-0.2, -0.15) is 0 Å². The van der Waals surface area contributed by atoms with Gasteiger partial charge < -0.3 is 5.73 Å². The highest BCUT2D eigenvalue weighted by atomic mass is 15.2. The summed E-state index contributed by atoms with van der Waals surface area (Å²) in [7, 11) is 0. The Kier molecular flexibility index (Phi) is 3.22. The van der Waals surface area contributed by atoms with Crippen molar-refractivity contribution in [2.75, 3.05) is 12.3 Å². The maximum atomic E-state index is 6.12. The Balaban J connectivity index is 1.47. The molecule has 3 aliphatic rings. The van der Waals surface area contributed by atoms with Crippen molar-refractivity contribution in [3.8, 4) is 0 Å². The predicted molar refractivity (Wildman–Crippen MR) is 83.4 cm³/mol. The normalized spacial score (nSPS) is 31.0. The second-order valence-electron chi connectivity index (χ2n) is 7.12. The van der Waals surface area contributed by atoms with Gasteiger partial charge in [-0.05, 0) is 61.1 Å². The number of anilines is 1. The third-order valence-corrected chi connectivity index (χ3v) is 5.82. The van der Waals surface area contributed by atoms with E-state index in [-0.39, 0.29) is 0 Å². The summed E-state index contributed by atoms with van der Waals surface area (Å²) < 4.78 is 0. The lowest BCUT2D eigenvalue weighted by Gasteiger charge is -2.40. The van der Waals surface area contributed by atoms with Gasteiger partial charge in [-0.25, -0.2) is 0 Å². The molecular formula is C18H26N2. The minimum absolute atomic E-state index is 0.837. The van der Waals surface area contributed by atoms with Crippen molar-refractivity contribution in [3.05, 3.63) is 29.3 Å². The van der Waals surface area contributed by atoms with E-state index in [9.17, 15) is 0 Å². The highest BCUT2D eigenvalue weighted by Gasteiger charge is 2.36. The Morgan fingerprint density at radius 3 is 2.80 bits per heavy atom. The molecule has 20 heavy (non-hydrogen) atoms. The van der Waals surface area contributed by atoms with Crippen molar-refractivity contribution in [1.82, 2.24) is 4.90 Å². The van der Waals surface area contributed by atoms with Crippen LogP contribution in [0.25, 0.3) is 0 Å². The average molecular weight is 270 g/mol. The van der Waals surface area contributed by atoms with Crippen molar-refractivity contribution in [2.45, 2.75) is 57.5 Å². The molecule has 0 radical (unpaired) electrons. The molecule has 0 spiro atoms. The lowest BCUT2D eigenvalue weighted by atomic mass is 9.81. The molecule has 2 N–H and O–H groups in total. The molecule has 2 fully saturated rings. The predicted octanol–water partition coefficient (Wildman–Crippen LogP) is 3.60. The van der Waals surface area contributed by atoms with Crippen molar-refractivity contribution in [1.29, 1.82) is 0 Å². The summed E-state index contributed by atoms with van der Waals surface area (Å²) in [6.45, 7) is 2.34. The molecule has 2 unspecified atom stereocenters. The van der Waals surface area contributed by atoms with E-state index in [4.69, 9.17) is 5.73 Å². The summed E-state index contributed by atoms with van der Waals surface area (Å²) in [5, 5.41) is 0. The lowest BCUT2D eigenvalue weighted by Crippen LogP contribution is -2.42. The summed E-state index contributed by atoms with van der Waals surface area (Å²) in [6, 6.07) is 7.28. The number of hydrogen-bond donors (Lipinski definition) is 1. The minimum atomic E-state index is 0.837. The number of rotatable bonds is 2. The first-order valence-corrected chi connectivity index (χ1v) is 8.41. The van der Waals surface area contributed by atoms with Crippen molar-refractivity contribution >= 4 is 5.69 Å². The molecule has 4 rings (SSSR count). The van der Waals surface area contributed by atoms with E-state index in [1.807, 2.05) is 0 Å². The number of nitrogens with two attached hydrogens (primary N) is 1. The monoisotopic (exact) mass is 270 g/mol. The van der Waals surface area contributed by atoms with E-state index in [0.29, 0.717) is 0 Å². The summed E-state index contributed by atoms with van der Waals surface area (Å²) in [5.74, 6) is 2.13. The van der Waals surface area contributed by atoms with Gasteiger partial charge in [0.15, 0.2) is 0 Å². The molecule has 0 bridgehead atoms. The molecule has 2 saturated carbocycles. The quantitative estimate of drug-likeness (QED) is 0.832. The first kappa shape index (κ1) is 12.7. The first-order chi connectivity index (χ1) is 9.81. The van der Waals surface area contributed by atoms with Gasteiger partial charge in [0.2, 0.25) is 0 Å². The molecule has 0 saturated heterocycles. The smallest absolute Gasteiger partial charge is 0.0350 e. The average Bonchev–Trinajstić information content (AvgIpc) is 3.32. The molecule has 1 aliphatic heterocycles. The third kappa shape index (κ3) is 2.35. The number of nitrogen functional groups attached to an aromatic ring is 1. The molecule has 2 nitrogen and oxygen atoms in total. The van der Waals surface area contributed by atoms with Crippen LogP contribution in [0.1, 0.15) is 49.7 Å². The summed E-state index contributed by atoms with van der Waals surface area (Å²) >= 11 is 0. The molecule has 0 aromatic heterocycles. The Morgan fingerprint density at radius 1 is 1.05 bits per heavy atom. The zero-order valence-corrected chi connectivity index (χ0v) is 12.4.